The molecular formula is C39H57NO3Si. The minimum absolute atomic E-state index is 0.0131. The molecule has 0 radical (unpaired) electrons. The van der Waals surface area contributed by atoms with E-state index in [4.69, 9.17) is 9.53 Å². The van der Waals surface area contributed by atoms with Crippen LogP contribution >= 0.6 is 0 Å². The van der Waals surface area contributed by atoms with E-state index in [1.165, 1.54) is 27.8 Å². The van der Waals surface area contributed by atoms with Crippen LogP contribution in [-0.2, 0) is 27.5 Å². The number of aryl methyl sites for hydroxylation is 3. The predicted molar refractivity (Wildman–Crippen MR) is 188 cm³/mol. The van der Waals surface area contributed by atoms with Gasteiger partial charge in [-0.15, -0.1) is 0 Å². The first kappa shape index (κ1) is 35.7. The van der Waals surface area contributed by atoms with Gasteiger partial charge in [0.05, 0.1) is 18.2 Å². The third-order valence-electron chi connectivity index (χ3n) is 10.2. The third kappa shape index (κ3) is 8.08. The lowest BCUT2D eigenvalue weighted by Gasteiger charge is -2.43. The lowest BCUT2D eigenvalue weighted by Crippen LogP contribution is -2.47. The molecule has 1 unspecified atom stereocenters. The predicted octanol–water partition coefficient (Wildman–Crippen LogP) is 10.5. The largest absolute Gasteiger partial charge is 0.481 e. The lowest BCUT2D eigenvalue weighted by molar-refractivity contribution is -0.136. The van der Waals surface area contributed by atoms with Gasteiger partial charge in [0.1, 0.15) is 0 Å². The Labute approximate surface area is 268 Å². The van der Waals surface area contributed by atoms with Crippen molar-refractivity contribution in [3.05, 3.63) is 88.1 Å². The molecule has 5 heteroatoms. The third-order valence-corrected chi connectivity index (χ3v) is 14.7. The molecule has 0 aliphatic heterocycles. The summed E-state index contributed by atoms with van der Waals surface area (Å²) in [4.78, 5) is 15.6. The number of carboxylic acids is 1. The number of rotatable bonds is 12. The summed E-state index contributed by atoms with van der Waals surface area (Å²) < 4.78 is 6.98. The molecule has 1 atom stereocenters. The summed E-state index contributed by atoms with van der Waals surface area (Å²) in [6.45, 7) is 27.6. The fraction of sp³-hybridized carbons (Fsp3) is 0.538. The molecule has 2 aromatic carbocycles. The highest BCUT2D eigenvalue weighted by molar-refractivity contribution is 6.74. The number of aliphatic carboxylic acids is 1. The van der Waals surface area contributed by atoms with Gasteiger partial charge in [-0.3, -0.25) is 9.78 Å². The van der Waals surface area contributed by atoms with Crippen molar-refractivity contribution in [2.45, 2.75) is 131 Å². The van der Waals surface area contributed by atoms with Gasteiger partial charge >= 0.3 is 5.97 Å². The van der Waals surface area contributed by atoms with Crippen LogP contribution in [0.4, 0.5) is 0 Å². The van der Waals surface area contributed by atoms with E-state index >= 15 is 0 Å². The molecule has 0 aliphatic rings. The van der Waals surface area contributed by atoms with Crippen LogP contribution in [0.2, 0.25) is 18.1 Å². The molecule has 0 saturated carbocycles. The summed E-state index contributed by atoms with van der Waals surface area (Å²) in [7, 11) is -1.88. The van der Waals surface area contributed by atoms with Crippen molar-refractivity contribution >= 4 is 14.3 Å². The van der Waals surface area contributed by atoms with Crippen molar-refractivity contribution in [3.63, 3.8) is 0 Å². The van der Waals surface area contributed by atoms with Gasteiger partial charge < -0.3 is 9.53 Å². The zero-order chi connectivity index (χ0) is 33.1. The van der Waals surface area contributed by atoms with Gasteiger partial charge in [-0.25, -0.2) is 0 Å². The zero-order valence-electron chi connectivity index (χ0n) is 29.5. The van der Waals surface area contributed by atoms with Crippen LogP contribution in [0.25, 0.3) is 11.3 Å². The fourth-order valence-electron chi connectivity index (χ4n) is 6.11. The topological polar surface area (TPSA) is 59.4 Å². The van der Waals surface area contributed by atoms with Crippen LogP contribution in [-0.4, -0.2) is 30.5 Å². The molecule has 0 amide bonds. The summed E-state index contributed by atoms with van der Waals surface area (Å²) in [6, 6.07) is 17.7. The summed E-state index contributed by atoms with van der Waals surface area (Å²) in [5.41, 5.74) is 9.31. The van der Waals surface area contributed by atoms with E-state index in [0.29, 0.717) is 5.56 Å². The Bertz CT molecular complexity index is 1420. The second-order valence-corrected chi connectivity index (χ2v) is 20.1. The number of aromatic nitrogens is 1. The van der Waals surface area contributed by atoms with Crippen LogP contribution in [0.15, 0.2) is 54.7 Å². The number of benzene rings is 2. The number of pyridine rings is 1. The van der Waals surface area contributed by atoms with Crippen LogP contribution in [0.5, 0.6) is 0 Å². The number of hydrogen-bond acceptors (Lipinski definition) is 3. The van der Waals surface area contributed by atoms with Crippen LogP contribution < -0.4 is 0 Å². The van der Waals surface area contributed by atoms with Gasteiger partial charge in [-0.1, -0.05) is 97.9 Å². The van der Waals surface area contributed by atoms with Crippen molar-refractivity contribution in [1.29, 1.82) is 0 Å². The van der Waals surface area contributed by atoms with Crippen molar-refractivity contribution < 1.29 is 14.3 Å². The van der Waals surface area contributed by atoms with Gasteiger partial charge in [0.15, 0.2) is 8.32 Å². The van der Waals surface area contributed by atoms with Crippen molar-refractivity contribution in [2.75, 3.05) is 0 Å². The van der Waals surface area contributed by atoms with E-state index in [-0.39, 0.29) is 28.4 Å². The summed E-state index contributed by atoms with van der Waals surface area (Å²) in [5, 5.41) is 9.28. The Balaban J connectivity index is 1.88. The molecule has 0 aliphatic carbocycles. The lowest BCUT2D eigenvalue weighted by atomic mass is 9.69. The standard InChI is InChI=1S/C39H57NO3Si/c1-13-39(14-2,32-19-20-33(28(4)24-32)34-21-15-29(26-40-34)25-36(41)42)31-18-16-30(27(3)23-31)17-22-35(37(5,6)7)43-44(11,12)38(8,9)10/h15-16,18-21,23-24,26,35H,13-14,17,22,25H2,1-12H3,(H,41,42). The molecule has 44 heavy (non-hydrogen) atoms. The fourth-order valence-corrected chi connectivity index (χ4v) is 7.64. The molecule has 240 valence electrons. The van der Waals surface area contributed by atoms with Gasteiger partial charge in [-0.05, 0) is 103 Å². The van der Waals surface area contributed by atoms with Crippen LogP contribution in [0, 0.1) is 19.3 Å². The Morgan fingerprint density at radius 2 is 1.48 bits per heavy atom. The molecule has 4 nitrogen and oxygen atoms in total. The minimum Gasteiger partial charge on any atom is -0.481 e. The second kappa shape index (κ2) is 13.7. The van der Waals surface area contributed by atoms with E-state index in [2.05, 4.69) is 124 Å². The molecule has 1 aromatic heterocycles. The number of nitrogens with zero attached hydrogens (tertiary/aromatic N) is 1. The molecule has 0 spiro atoms. The first-order chi connectivity index (χ1) is 20.3. The van der Waals surface area contributed by atoms with Crippen molar-refractivity contribution in [1.82, 2.24) is 4.98 Å². The Morgan fingerprint density at radius 3 is 1.93 bits per heavy atom. The molecule has 0 bridgehead atoms. The molecule has 0 saturated heterocycles. The quantitative estimate of drug-likeness (QED) is 0.206. The van der Waals surface area contributed by atoms with E-state index < -0.39 is 14.3 Å². The molecular weight excluding hydrogens is 559 g/mol. The van der Waals surface area contributed by atoms with Crippen LogP contribution in [0.1, 0.15) is 108 Å². The van der Waals surface area contributed by atoms with E-state index in [1.807, 2.05) is 12.1 Å². The number of carbonyl (C=O) groups is 1. The minimum atomic E-state index is -1.88. The highest BCUT2D eigenvalue weighted by Gasteiger charge is 2.41. The maximum absolute atomic E-state index is 11.1. The Hall–Kier alpha value is -2.76. The highest BCUT2D eigenvalue weighted by atomic mass is 28.4. The van der Waals surface area contributed by atoms with E-state index in [9.17, 15) is 4.79 Å². The average Bonchev–Trinajstić information content (AvgIpc) is 2.92. The normalized spacial score (nSPS) is 13.6. The number of hydrogen-bond donors (Lipinski definition) is 1. The molecule has 3 aromatic rings. The highest BCUT2D eigenvalue weighted by Crippen LogP contribution is 2.42. The average molecular weight is 616 g/mol. The van der Waals surface area contributed by atoms with Crippen molar-refractivity contribution in [2.24, 2.45) is 5.41 Å². The monoisotopic (exact) mass is 615 g/mol. The first-order valence-electron chi connectivity index (χ1n) is 16.4. The summed E-state index contributed by atoms with van der Waals surface area (Å²) in [6.07, 6.45) is 5.94. The smallest absolute Gasteiger partial charge is 0.307 e. The Morgan fingerprint density at radius 1 is 0.886 bits per heavy atom. The van der Waals surface area contributed by atoms with Gasteiger partial charge in [-0.2, -0.15) is 0 Å². The van der Waals surface area contributed by atoms with E-state index in [0.717, 1.165) is 36.9 Å². The molecule has 1 heterocycles. The SMILES string of the molecule is CCC(CC)(c1ccc(CCC(O[Si](C)(C)C(C)(C)C)C(C)(C)C)c(C)c1)c1ccc(-c2ccc(CC(=O)O)cn2)c(C)c1. The first-order valence-corrected chi connectivity index (χ1v) is 19.3. The second-order valence-electron chi connectivity index (χ2n) is 15.4. The molecule has 1 N–H and O–H groups in total. The van der Waals surface area contributed by atoms with Crippen molar-refractivity contribution in [3.8, 4) is 11.3 Å². The Kier molecular flexibility index (Phi) is 11.1. The maximum atomic E-state index is 11.1. The van der Waals surface area contributed by atoms with Gasteiger partial charge in [0.25, 0.3) is 0 Å². The van der Waals surface area contributed by atoms with Crippen LogP contribution in [0.3, 0.4) is 0 Å². The zero-order valence-corrected chi connectivity index (χ0v) is 30.5. The molecule has 0 fully saturated rings. The molecule has 3 rings (SSSR count). The summed E-state index contributed by atoms with van der Waals surface area (Å²) in [5.74, 6) is -0.844. The van der Waals surface area contributed by atoms with Gasteiger partial charge in [0, 0.05) is 17.2 Å². The van der Waals surface area contributed by atoms with E-state index in [1.54, 1.807) is 6.20 Å². The maximum Gasteiger partial charge on any atom is 0.307 e. The number of carboxylic acid groups (broad SMARTS) is 1. The van der Waals surface area contributed by atoms with Gasteiger partial charge in [0.2, 0.25) is 0 Å². The summed E-state index contributed by atoms with van der Waals surface area (Å²) >= 11 is 0.